The third-order valence-corrected chi connectivity index (χ3v) is 17.0. The van der Waals surface area contributed by atoms with Gasteiger partial charge in [-0.3, -0.25) is 14.5 Å². The number of benzene rings is 2. The lowest BCUT2D eigenvalue weighted by Gasteiger charge is -2.63. The summed E-state index contributed by atoms with van der Waals surface area (Å²) in [6, 6.07) is 11.3. The summed E-state index contributed by atoms with van der Waals surface area (Å²) in [7, 11) is 7.61. The van der Waals surface area contributed by atoms with Crippen molar-refractivity contribution in [2.75, 3.05) is 73.1 Å². The molecule has 2 saturated heterocycles. The van der Waals surface area contributed by atoms with Gasteiger partial charge in [0.25, 0.3) is 0 Å². The summed E-state index contributed by atoms with van der Waals surface area (Å²) in [6.07, 6.45) is 7.43. The summed E-state index contributed by atoms with van der Waals surface area (Å²) in [6.45, 7) is 15.4. The molecular formula is C50H66N4O8. The molecule has 11 atom stereocenters. The summed E-state index contributed by atoms with van der Waals surface area (Å²) < 4.78 is 23.6. The molecule has 334 valence electrons. The minimum absolute atomic E-state index is 0.0462. The van der Waals surface area contributed by atoms with Crippen LogP contribution in [0.25, 0.3) is 10.9 Å². The summed E-state index contributed by atoms with van der Waals surface area (Å²) in [5, 5.41) is 14.5. The highest BCUT2D eigenvalue weighted by atomic mass is 16.5. The van der Waals surface area contributed by atoms with E-state index in [1.807, 2.05) is 31.0 Å². The summed E-state index contributed by atoms with van der Waals surface area (Å²) >= 11 is 0. The van der Waals surface area contributed by atoms with Crippen LogP contribution in [0.5, 0.6) is 5.75 Å². The molecule has 0 amide bonds. The van der Waals surface area contributed by atoms with E-state index in [2.05, 4.69) is 78.9 Å². The molecule has 3 aromatic rings. The molecule has 6 heterocycles. The quantitative estimate of drug-likeness (QED) is 0.165. The number of nitrogens with one attached hydrogen (secondary N) is 1. The van der Waals surface area contributed by atoms with Crippen molar-refractivity contribution in [2.24, 2.45) is 34.5 Å². The van der Waals surface area contributed by atoms with Gasteiger partial charge < -0.3 is 38.8 Å². The molecule has 1 spiro atoms. The van der Waals surface area contributed by atoms with Crippen LogP contribution in [0.15, 0.2) is 48.6 Å². The van der Waals surface area contributed by atoms with Gasteiger partial charge in [-0.15, -0.1) is 0 Å². The van der Waals surface area contributed by atoms with Crippen LogP contribution >= 0.6 is 0 Å². The van der Waals surface area contributed by atoms with Crippen LogP contribution in [0.3, 0.4) is 0 Å². The number of methoxy groups -OCH3 is 4. The van der Waals surface area contributed by atoms with E-state index < -0.39 is 45.7 Å². The van der Waals surface area contributed by atoms with Crippen molar-refractivity contribution in [1.29, 1.82) is 0 Å². The van der Waals surface area contributed by atoms with Gasteiger partial charge in [0.2, 0.25) is 0 Å². The van der Waals surface area contributed by atoms with E-state index in [1.165, 1.54) is 21.3 Å². The molecule has 2 bridgehead atoms. The molecule has 1 aliphatic carbocycles. The minimum atomic E-state index is -2.32. The van der Waals surface area contributed by atoms with Crippen molar-refractivity contribution in [1.82, 2.24) is 14.8 Å². The number of carbonyl (C=O) groups excluding carboxylic acids is 3. The average molecular weight is 851 g/mol. The van der Waals surface area contributed by atoms with E-state index in [-0.39, 0.29) is 23.3 Å². The number of anilines is 1. The van der Waals surface area contributed by atoms with Crippen LogP contribution in [0, 0.1) is 34.5 Å². The molecule has 1 saturated carbocycles. The first kappa shape index (κ1) is 42.9. The van der Waals surface area contributed by atoms with Gasteiger partial charge in [-0.25, -0.2) is 4.79 Å². The highest BCUT2D eigenvalue weighted by molar-refractivity contribution is 5.96. The third kappa shape index (κ3) is 5.44. The van der Waals surface area contributed by atoms with Gasteiger partial charge in [0, 0.05) is 84.0 Å². The number of hydrogen-bond donors (Lipinski definition) is 2. The maximum atomic E-state index is 15.7. The number of H-pyrrole nitrogens is 1. The molecule has 3 fully saturated rings. The van der Waals surface area contributed by atoms with Gasteiger partial charge in [0.05, 0.1) is 34.5 Å². The second kappa shape index (κ2) is 14.8. The van der Waals surface area contributed by atoms with Crippen LogP contribution in [0.1, 0.15) is 82.7 Å². The Bertz CT molecular complexity index is 2330. The van der Waals surface area contributed by atoms with E-state index >= 15 is 4.79 Å². The van der Waals surface area contributed by atoms with Gasteiger partial charge in [0.1, 0.15) is 17.1 Å². The normalized spacial score (nSPS) is 36.0. The van der Waals surface area contributed by atoms with E-state index in [1.54, 1.807) is 7.11 Å². The molecule has 12 nitrogen and oxygen atoms in total. The van der Waals surface area contributed by atoms with Gasteiger partial charge >= 0.3 is 17.9 Å². The van der Waals surface area contributed by atoms with Gasteiger partial charge in [0.15, 0.2) is 5.60 Å². The van der Waals surface area contributed by atoms with Crippen LogP contribution in [0.4, 0.5) is 5.69 Å². The second-order valence-electron chi connectivity index (χ2n) is 20.4. The Kier molecular flexibility index (Phi) is 10.3. The predicted molar refractivity (Wildman–Crippen MR) is 237 cm³/mol. The maximum absolute atomic E-state index is 15.7. The van der Waals surface area contributed by atoms with Crippen molar-refractivity contribution in [2.45, 2.75) is 95.2 Å². The van der Waals surface area contributed by atoms with Crippen molar-refractivity contribution < 1.29 is 38.4 Å². The van der Waals surface area contributed by atoms with E-state index in [0.29, 0.717) is 55.5 Å². The zero-order valence-electron chi connectivity index (χ0n) is 38.3. The number of rotatable bonds is 7. The number of aromatic amines is 1. The third-order valence-electron chi connectivity index (χ3n) is 17.0. The highest BCUT2D eigenvalue weighted by Crippen LogP contribution is 2.69. The standard InChI is InChI=1S/C50H66N4O8/c1-11-29-27-53-22-18-32-31-16-13-14-17-35(31)51-40(32)49(44(56)61-9,26-30(28-53)38(29)46(3,4)5)34-24-33-36(25-37(34)59-7)52(6)43-48(33)20-23-54-21-15-19-47(12-2,42(48)54)39(41(55)60-8)50(43,58)45(57)62-10/h13-17,19,24-25,29-30,38-39,42-43,51,58H,11-12,18,20-23,26-28H2,1-10H3. The summed E-state index contributed by atoms with van der Waals surface area (Å²) in [4.78, 5) is 55.4. The number of esters is 3. The summed E-state index contributed by atoms with van der Waals surface area (Å²) in [5.41, 5.74) is -0.361. The largest absolute Gasteiger partial charge is 0.496 e. The van der Waals surface area contributed by atoms with E-state index in [9.17, 15) is 14.7 Å². The second-order valence-corrected chi connectivity index (χ2v) is 20.4. The first-order valence-electron chi connectivity index (χ1n) is 22.8. The number of nitrogens with zero attached hydrogens (tertiary/aromatic N) is 3. The van der Waals surface area contributed by atoms with Crippen molar-refractivity contribution in [3.8, 4) is 5.75 Å². The molecule has 62 heavy (non-hydrogen) atoms. The lowest BCUT2D eigenvalue weighted by Crippen LogP contribution is -2.80. The number of hydrogen-bond acceptors (Lipinski definition) is 11. The molecule has 2 N–H and O–H groups in total. The Morgan fingerprint density at radius 2 is 1.68 bits per heavy atom. The number of aliphatic hydroxyl groups is 1. The Morgan fingerprint density at radius 1 is 0.935 bits per heavy atom. The molecule has 2 aromatic carbocycles. The number of piperidine rings is 1. The number of para-hydroxylation sites is 1. The number of fused-ring (bicyclic) bond motifs is 6. The first-order valence-corrected chi connectivity index (χ1v) is 22.8. The molecule has 11 unspecified atom stereocenters. The van der Waals surface area contributed by atoms with Gasteiger partial charge in [-0.1, -0.05) is 71.4 Å². The Hall–Kier alpha value is -4.39. The number of ether oxygens (including phenoxy) is 4. The van der Waals surface area contributed by atoms with E-state index in [0.717, 1.165) is 65.9 Å². The predicted octanol–water partition coefficient (Wildman–Crippen LogP) is 6.01. The topological polar surface area (TPSA) is 134 Å². The van der Waals surface area contributed by atoms with E-state index in [4.69, 9.17) is 18.9 Å². The molecule has 9 rings (SSSR count). The highest BCUT2D eigenvalue weighted by Gasteiger charge is 2.81. The molecule has 0 radical (unpaired) electrons. The summed E-state index contributed by atoms with van der Waals surface area (Å²) in [5.74, 6) is -1.81. The smallest absolute Gasteiger partial charge is 0.341 e. The SMILES string of the molecule is CCC1CN2CCc3c([nH]c4ccccc34)C(C(=O)OC)(c3cc4c(cc3OC)N(C)C3C(O)(C(=O)OC)C(C(=O)OC)C5(CC)C=CCN6CCC43C65)CC(C2)C1C(C)(C)C. The lowest BCUT2D eigenvalue weighted by molar-refractivity contribution is -0.209. The molecule has 6 aliphatic rings. The number of aromatic nitrogens is 1. The molecule has 1 aromatic heterocycles. The Balaban J connectivity index is 1.38. The first-order chi connectivity index (χ1) is 29.6. The van der Waals surface area contributed by atoms with Crippen molar-refractivity contribution >= 4 is 34.5 Å². The monoisotopic (exact) mass is 850 g/mol. The Morgan fingerprint density at radius 3 is 2.34 bits per heavy atom. The minimum Gasteiger partial charge on any atom is -0.496 e. The Labute approximate surface area is 366 Å². The van der Waals surface area contributed by atoms with Crippen LogP contribution in [-0.2, 0) is 45.8 Å². The lowest BCUT2D eigenvalue weighted by atomic mass is 9.44. The zero-order valence-corrected chi connectivity index (χ0v) is 38.3. The van der Waals surface area contributed by atoms with Crippen molar-refractivity contribution in [3.05, 3.63) is 70.9 Å². The molecule has 5 aliphatic heterocycles. The van der Waals surface area contributed by atoms with Gasteiger partial charge in [-0.05, 0) is 78.7 Å². The molecule has 12 heteroatoms. The molecular weight excluding hydrogens is 785 g/mol. The fourth-order valence-electron chi connectivity index (χ4n) is 15.1. The van der Waals surface area contributed by atoms with Gasteiger partial charge in [-0.2, -0.15) is 0 Å². The van der Waals surface area contributed by atoms with Crippen LogP contribution < -0.4 is 9.64 Å². The zero-order chi connectivity index (χ0) is 44.3. The average Bonchev–Trinajstić information content (AvgIpc) is 3.93. The maximum Gasteiger partial charge on any atom is 0.341 e. The number of carbonyl (C=O) groups is 3. The fourth-order valence-corrected chi connectivity index (χ4v) is 15.1. The van der Waals surface area contributed by atoms with Crippen LogP contribution in [-0.4, -0.2) is 124 Å². The van der Waals surface area contributed by atoms with Crippen LogP contribution in [0.2, 0.25) is 0 Å². The number of likely N-dealkylation sites (N-methyl/N-ethyl adjacent to an activating group) is 1. The fraction of sp³-hybridized carbons (Fsp3) is 0.620. The van der Waals surface area contributed by atoms with Crippen molar-refractivity contribution in [3.63, 3.8) is 0 Å².